The van der Waals surface area contributed by atoms with Gasteiger partial charge in [-0.05, 0) is 57.7 Å². The van der Waals surface area contributed by atoms with E-state index < -0.39 is 0 Å². The summed E-state index contributed by atoms with van der Waals surface area (Å²) in [7, 11) is 0. The van der Waals surface area contributed by atoms with Gasteiger partial charge >= 0.3 is 0 Å². The Labute approximate surface area is 110 Å². The second-order valence-electron chi connectivity index (χ2n) is 5.74. The molecule has 17 heavy (non-hydrogen) atoms. The normalized spacial score (nSPS) is 13.7. The largest absolute Gasteiger partial charge is 0.312 e. The topological polar surface area (TPSA) is 24.9 Å². The molecule has 1 aromatic rings. The molecule has 1 unspecified atom stereocenters. The lowest BCUT2D eigenvalue weighted by Gasteiger charge is -2.22. The number of aromatic nitrogens is 1. The lowest BCUT2D eigenvalue weighted by molar-refractivity contribution is 0.394. The summed E-state index contributed by atoms with van der Waals surface area (Å²) >= 11 is 6.10. The highest BCUT2D eigenvalue weighted by Crippen LogP contribution is 2.19. The lowest BCUT2D eigenvalue weighted by Crippen LogP contribution is -2.37. The van der Waals surface area contributed by atoms with Crippen LogP contribution in [0.2, 0.25) is 5.02 Å². The predicted octanol–water partition coefficient (Wildman–Crippen LogP) is 3.69. The van der Waals surface area contributed by atoms with E-state index in [-0.39, 0.29) is 5.54 Å². The van der Waals surface area contributed by atoms with E-state index in [0.717, 1.165) is 24.4 Å². The van der Waals surface area contributed by atoms with Gasteiger partial charge in [-0.25, -0.2) is 0 Å². The minimum atomic E-state index is 0.202. The Morgan fingerprint density at radius 3 is 2.71 bits per heavy atom. The standard InChI is InChI=1S/C14H23ClN2/c1-11(5-8-17-14(2,3)4)9-12-6-7-16-10-13(12)15/h6-7,10-11,17H,5,8-9H2,1-4H3. The van der Waals surface area contributed by atoms with E-state index in [1.54, 1.807) is 12.4 Å². The predicted molar refractivity (Wildman–Crippen MR) is 74.5 cm³/mol. The Morgan fingerprint density at radius 1 is 1.41 bits per heavy atom. The molecule has 3 heteroatoms. The van der Waals surface area contributed by atoms with Gasteiger partial charge in [0, 0.05) is 17.9 Å². The smallest absolute Gasteiger partial charge is 0.0621 e. The van der Waals surface area contributed by atoms with Crippen LogP contribution in [0.3, 0.4) is 0 Å². The Balaban J connectivity index is 2.35. The fourth-order valence-corrected chi connectivity index (χ4v) is 1.94. The molecule has 0 saturated heterocycles. The van der Waals surface area contributed by atoms with Crippen molar-refractivity contribution < 1.29 is 0 Å². The molecule has 0 bridgehead atoms. The number of nitrogens with zero attached hydrogens (tertiary/aromatic N) is 1. The van der Waals surface area contributed by atoms with E-state index in [9.17, 15) is 0 Å². The first-order valence-corrected chi connectivity index (χ1v) is 6.59. The molecule has 1 aromatic heterocycles. The van der Waals surface area contributed by atoms with Crippen molar-refractivity contribution in [2.75, 3.05) is 6.54 Å². The number of hydrogen-bond donors (Lipinski definition) is 1. The Hall–Kier alpha value is -0.600. The summed E-state index contributed by atoms with van der Waals surface area (Å²) in [5.41, 5.74) is 1.40. The minimum absolute atomic E-state index is 0.202. The maximum Gasteiger partial charge on any atom is 0.0621 e. The summed E-state index contributed by atoms with van der Waals surface area (Å²) in [6.45, 7) is 9.89. The van der Waals surface area contributed by atoms with Gasteiger partial charge in [0.2, 0.25) is 0 Å². The van der Waals surface area contributed by atoms with Crippen molar-refractivity contribution >= 4 is 11.6 Å². The lowest BCUT2D eigenvalue weighted by atomic mass is 9.98. The fraction of sp³-hybridized carbons (Fsp3) is 0.643. The van der Waals surface area contributed by atoms with Crippen LogP contribution in [0.4, 0.5) is 0 Å². The maximum atomic E-state index is 6.10. The molecule has 0 aliphatic carbocycles. The van der Waals surface area contributed by atoms with Crippen LogP contribution in [0.25, 0.3) is 0 Å². The first-order chi connectivity index (χ1) is 7.88. The molecular formula is C14H23ClN2. The zero-order valence-corrected chi connectivity index (χ0v) is 12.0. The molecule has 0 radical (unpaired) electrons. The van der Waals surface area contributed by atoms with Crippen LogP contribution in [0.5, 0.6) is 0 Å². The quantitative estimate of drug-likeness (QED) is 0.867. The van der Waals surface area contributed by atoms with Gasteiger partial charge in [-0.15, -0.1) is 0 Å². The molecular weight excluding hydrogens is 232 g/mol. The van der Waals surface area contributed by atoms with Crippen LogP contribution in [0.1, 0.15) is 39.7 Å². The number of pyridine rings is 1. The van der Waals surface area contributed by atoms with Gasteiger partial charge in [0.05, 0.1) is 5.02 Å². The Kier molecular flexibility index (Phi) is 5.41. The van der Waals surface area contributed by atoms with Crippen LogP contribution >= 0.6 is 11.6 Å². The average molecular weight is 255 g/mol. The summed E-state index contributed by atoms with van der Waals surface area (Å²) < 4.78 is 0. The third kappa shape index (κ3) is 6.04. The summed E-state index contributed by atoms with van der Waals surface area (Å²) in [5.74, 6) is 0.629. The van der Waals surface area contributed by atoms with Crippen molar-refractivity contribution in [3.05, 3.63) is 29.0 Å². The highest BCUT2D eigenvalue weighted by Gasteiger charge is 2.10. The van der Waals surface area contributed by atoms with Crippen LogP contribution in [-0.4, -0.2) is 17.1 Å². The number of hydrogen-bond acceptors (Lipinski definition) is 2. The SMILES string of the molecule is CC(CCNC(C)(C)C)Cc1ccncc1Cl. The molecule has 1 atom stereocenters. The van der Waals surface area contributed by atoms with Gasteiger partial charge < -0.3 is 5.32 Å². The van der Waals surface area contributed by atoms with Gasteiger partial charge in [-0.2, -0.15) is 0 Å². The summed E-state index contributed by atoms with van der Waals surface area (Å²) in [6, 6.07) is 2.01. The maximum absolute atomic E-state index is 6.10. The highest BCUT2D eigenvalue weighted by molar-refractivity contribution is 6.31. The van der Waals surface area contributed by atoms with Crippen molar-refractivity contribution in [1.82, 2.24) is 10.3 Å². The zero-order valence-electron chi connectivity index (χ0n) is 11.3. The second-order valence-corrected chi connectivity index (χ2v) is 6.15. The van der Waals surface area contributed by atoms with E-state index in [0.29, 0.717) is 5.92 Å². The minimum Gasteiger partial charge on any atom is -0.312 e. The van der Waals surface area contributed by atoms with Gasteiger partial charge in [-0.1, -0.05) is 18.5 Å². The fourth-order valence-electron chi connectivity index (χ4n) is 1.74. The molecule has 0 saturated carbocycles. The monoisotopic (exact) mass is 254 g/mol. The molecule has 0 spiro atoms. The van der Waals surface area contributed by atoms with Crippen molar-refractivity contribution in [2.45, 2.75) is 46.1 Å². The summed E-state index contributed by atoms with van der Waals surface area (Å²) in [6.07, 6.45) is 5.71. The van der Waals surface area contributed by atoms with E-state index in [4.69, 9.17) is 11.6 Å². The van der Waals surface area contributed by atoms with Gasteiger partial charge in [0.25, 0.3) is 0 Å². The highest BCUT2D eigenvalue weighted by atomic mass is 35.5. The van der Waals surface area contributed by atoms with Crippen LogP contribution in [0, 0.1) is 5.92 Å². The van der Waals surface area contributed by atoms with E-state index in [1.807, 2.05) is 6.07 Å². The number of nitrogens with one attached hydrogen (secondary N) is 1. The third-order valence-corrected chi connectivity index (χ3v) is 3.06. The molecule has 0 aromatic carbocycles. The van der Waals surface area contributed by atoms with Crippen molar-refractivity contribution in [2.24, 2.45) is 5.92 Å². The number of halogens is 1. The van der Waals surface area contributed by atoms with Crippen LogP contribution in [-0.2, 0) is 6.42 Å². The summed E-state index contributed by atoms with van der Waals surface area (Å²) in [5, 5.41) is 4.29. The Bertz CT molecular complexity index is 344. The van der Waals surface area contributed by atoms with Crippen molar-refractivity contribution in [1.29, 1.82) is 0 Å². The first kappa shape index (κ1) is 14.5. The van der Waals surface area contributed by atoms with Crippen LogP contribution in [0.15, 0.2) is 18.5 Å². The second kappa shape index (κ2) is 6.36. The molecule has 2 nitrogen and oxygen atoms in total. The molecule has 96 valence electrons. The third-order valence-electron chi connectivity index (χ3n) is 2.72. The van der Waals surface area contributed by atoms with Gasteiger partial charge in [0.15, 0.2) is 0 Å². The molecule has 1 N–H and O–H groups in total. The van der Waals surface area contributed by atoms with E-state index in [1.165, 1.54) is 5.56 Å². The van der Waals surface area contributed by atoms with Gasteiger partial charge in [0.1, 0.15) is 0 Å². The van der Waals surface area contributed by atoms with Crippen molar-refractivity contribution in [3.63, 3.8) is 0 Å². The summed E-state index contributed by atoms with van der Waals surface area (Å²) in [4.78, 5) is 4.00. The van der Waals surface area contributed by atoms with Crippen LogP contribution < -0.4 is 5.32 Å². The first-order valence-electron chi connectivity index (χ1n) is 6.22. The van der Waals surface area contributed by atoms with Crippen molar-refractivity contribution in [3.8, 4) is 0 Å². The molecule has 0 aliphatic heterocycles. The van der Waals surface area contributed by atoms with Gasteiger partial charge in [-0.3, -0.25) is 4.98 Å². The van der Waals surface area contributed by atoms with E-state index >= 15 is 0 Å². The number of rotatable bonds is 5. The molecule has 0 amide bonds. The van der Waals surface area contributed by atoms with E-state index in [2.05, 4.69) is 38.0 Å². The zero-order chi connectivity index (χ0) is 12.9. The average Bonchev–Trinajstić information content (AvgIpc) is 2.19. The molecule has 0 fully saturated rings. The Morgan fingerprint density at radius 2 is 2.12 bits per heavy atom. The molecule has 1 rings (SSSR count). The molecule has 0 aliphatic rings. The molecule has 1 heterocycles.